The molecule has 1 aromatic heterocycles. The first-order valence-corrected chi connectivity index (χ1v) is 6.06. The molecule has 1 heterocycles. The molecule has 2 rings (SSSR count). The van der Waals surface area contributed by atoms with E-state index in [0.717, 1.165) is 5.56 Å². The van der Waals surface area contributed by atoms with E-state index in [-0.39, 0.29) is 5.69 Å². The third-order valence-electron chi connectivity index (χ3n) is 2.70. The SMILES string of the molecule is COc1cc(OC)nc(NCc2ccc([N+](=O)[O-])cc2)n1. The number of ether oxygens (including phenoxy) is 2. The van der Waals surface area contributed by atoms with Crippen LogP contribution in [0.1, 0.15) is 5.56 Å². The van der Waals surface area contributed by atoms with Crippen LogP contribution in [0.25, 0.3) is 0 Å². The molecule has 0 spiro atoms. The normalized spacial score (nSPS) is 10.0. The van der Waals surface area contributed by atoms with Crippen LogP contribution in [0.4, 0.5) is 11.6 Å². The summed E-state index contributed by atoms with van der Waals surface area (Å²) in [6.45, 7) is 0.425. The predicted molar refractivity (Wildman–Crippen MR) is 75.6 cm³/mol. The van der Waals surface area contributed by atoms with E-state index >= 15 is 0 Å². The van der Waals surface area contributed by atoms with Crippen LogP contribution in [0, 0.1) is 10.1 Å². The molecular formula is C13H14N4O4. The van der Waals surface area contributed by atoms with Crippen LogP contribution in [0.5, 0.6) is 11.8 Å². The Labute approximate surface area is 120 Å². The van der Waals surface area contributed by atoms with E-state index in [9.17, 15) is 10.1 Å². The van der Waals surface area contributed by atoms with Crippen LogP contribution in [0.15, 0.2) is 30.3 Å². The minimum absolute atomic E-state index is 0.0537. The van der Waals surface area contributed by atoms with Gasteiger partial charge in [-0.05, 0) is 5.56 Å². The van der Waals surface area contributed by atoms with Crippen molar-refractivity contribution in [2.75, 3.05) is 19.5 Å². The highest BCUT2D eigenvalue weighted by molar-refractivity contribution is 5.37. The molecule has 110 valence electrons. The van der Waals surface area contributed by atoms with Gasteiger partial charge in [-0.1, -0.05) is 12.1 Å². The number of aromatic nitrogens is 2. The summed E-state index contributed by atoms with van der Waals surface area (Å²) in [6.07, 6.45) is 0. The number of benzene rings is 1. The van der Waals surface area contributed by atoms with Crippen molar-refractivity contribution < 1.29 is 14.4 Å². The lowest BCUT2D eigenvalue weighted by Crippen LogP contribution is -2.05. The number of anilines is 1. The van der Waals surface area contributed by atoms with Gasteiger partial charge in [0.25, 0.3) is 5.69 Å². The zero-order chi connectivity index (χ0) is 15.2. The summed E-state index contributed by atoms with van der Waals surface area (Å²) >= 11 is 0. The van der Waals surface area contributed by atoms with E-state index in [4.69, 9.17) is 9.47 Å². The summed E-state index contributed by atoms with van der Waals surface area (Å²) in [4.78, 5) is 18.4. The van der Waals surface area contributed by atoms with Crippen molar-refractivity contribution in [2.24, 2.45) is 0 Å². The predicted octanol–water partition coefficient (Wildman–Crippen LogP) is 2.01. The average Bonchev–Trinajstić information content (AvgIpc) is 2.52. The van der Waals surface area contributed by atoms with Crippen molar-refractivity contribution in [3.63, 3.8) is 0 Å². The highest BCUT2D eigenvalue weighted by Gasteiger charge is 2.06. The van der Waals surface area contributed by atoms with Gasteiger partial charge in [-0.25, -0.2) is 0 Å². The highest BCUT2D eigenvalue weighted by Crippen LogP contribution is 2.18. The largest absolute Gasteiger partial charge is 0.481 e. The molecule has 0 fully saturated rings. The Kier molecular flexibility index (Phi) is 4.50. The van der Waals surface area contributed by atoms with E-state index in [2.05, 4.69) is 15.3 Å². The number of rotatable bonds is 6. The average molecular weight is 290 g/mol. The molecule has 0 saturated carbocycles. The van der Waals surface area contributed by atoms with Gasteiger partial charge >= 0.3 is 0 Å². The Morgan fingerprint density at radius 2 is 1.71 bits per heavy atom. The maximum atomic E-state index is 10.6. The first-order valence-electron chi connectivity index (χ1n) is 6.06. The number of hydrogen-bond acceptors (Lipinski definition) is 7. The molecule has 1 aromatic carbocycles. The molecule has 2 aromatic rings. The molecule has 0 aliphatic rings. The first kappa shape index (κ1) is 14.5. The molecule has 0 aliphatic heterocycles. The fraction of sp³-hybridized carbons (Fsp3) is 0.231. The smallest absolute Gasteiger partial charge is 0.269 e. The Bertz CT molecular complexity index is 608. The summed E-state index contributed by atoms with van der Waals surface area (Å²) in [5.41, 5.74) is 0.920. The second-order valence-corrected chi connectivity index (χ2v) is 4.05. The third kappa shape index (κ3) is 3.78. The van der Waals surface area contributed by atoms with Gasteiger partial charge in [0.05, 0.1) is 25.2 Å². The summed E-state index contributed by atoms with van der Waals surface area (Å²) < 4.78 is 10.1. The molecule has 8 heteroatoms. The van der Waals surface area contributed by atoms with E-state index < -0.39 is 4.92 Å². The number of nitrogens with one attached hydrogen (secondary N) is 1. The van der Waals surface area contributed by atoms with Gasteiger partial charge in [-0.3, -0.25) is 10.1 Å². The van der Waals surface area contributed by atoms with Crippen molar-refractivity contribution in [1.82, 2.24) is 9.97 Å². The summed E-state index contributed by atoms with van der Waals surface area (Å²) in [7, 11) is 3.00. The Balaban J connectivity index is 2.06. The van der Waals surface area contributed by atoms with Gasteiger partial charge in [-0.15, -0.1) is 0 Å². The zero-order valence-corrected chi connectivity index (χ0v) is 11.6. The number of hydrogen-bond donors (Lipinski definition) is 1. The molecule has 1 N–H and O–H groups in total. The highest BCUT2D eigenvalue weighted by atomic mass is 16.6. The molecule has 0 bridgehead atoms. The number of methoxy groups -OCH3 is 2. The van der Waals surface area contributed by atoms with Gasteiger partial charge in [0.1, 0.15) is 0 Å². The molecule has 0 amide bonds. The summed E-state index contributed by atoms with van der Waals surface area (Å²) in [5, 5.41) is 13.6. The minimum Gasteiger partial charge on any atom is -0.481 e. The molecule has 0 aliphatic carbocycles. The third-order valence-corrected chi connectivity index (χ3v) is 2.70. The molecule has 21 heavy (non-hydrogen) atoms. The standard InChI is InChI=1S/C13H14N4O4/c1-20-11-7-12(21-2)16-13(15-11)14-8-9-3-5-10(6-4-9)17(18)19/h3-7H,8H2,1-2H3,(H,14,15,16). The Morgan fingerprint density at radius 1 is 1.14 bits per heavy atom. The van der Waals surface area contributed by atoms with E-state index in [1.807, 2.05) is 0 Å². The summed E-state index contributed by atoms with van der Waals surface area (Å²) in [6, 6.07) is 7.80. The maximum absolute atomic E-state index is 10.6. The second kappa shape index (κ2) is 6.51. The van der Waals surface area contributed by atoms with Crippen molar-refractivity contribution >= 4 is 11.6 Å². The maximum Gasteiger partial charge on any atom is 0.269 e. The van der Waals surface area contributed by atoms with Crippen LogP contribution < -0.4 is 14.8 Å². The fourth-order valence-electron chi connectivity index (χ4n) is 1.61. The van der Waals surface area contributed by atoms with Crippen LogP contribution in [0.2, 0.25) is 0 Å². The molecule has 0 saturated heterocycles. The van der Waals surface area contributed by atoms with Crippen LogP contribution in [0.3, 0.4) is 0 Å². The molecule has 8 nitrogen and oxygen atoms in total. The Morgan fingerprint density at radius 3 is 2.19 bits per heavy atom. The lowest BCUT2D eigenvalue weighted by Gasteiger charge is -2.08. The van der Waals surface area contributed by atoms with Crippen LogP contribution in [-0.4, -0.2) is 29.1 Å². The van der Waals surface area contributed by atoms with Gasteiger partial charge in [0, 0.05) is 18.7 Å². The number of nitro groups is 1. The molecule has 0 radical (unpaired) electrons. The molecule has 0 unspecified atom stereocenters. The van der Waals surface area contributed by atoms with Crippen LogP contribution >= 0.6 is 0 Å². The van der Waals surface area contributed by atoms with E-state index in [1.165, 1.54) is 26.4 Å². The van der Waals surface area contributed by atoms with Crippen molar-refractivity contribution in [2.45, 2.75) is 6.54 Å². The van der Waals surface area contributed by atoms with Crippen molar-refractivity contribution in [3.05, 3.63) is 46.0 Å². The lowest BCUT2D eigenvalue weighted by molar-refractivity contribution is -0.384. The molecule has 0 atom stereocenters. The van der Waals surface area contributed by atoms with E-state index in [0.29, 0.717) is 24.3 Å². The van der Waals surface area contributed by atoms with Gasteiger partial charge in [0.2, 0.25) is 17.7 Å². The topological polar surface area (TPSA) is 99.4 Å². The van der Waals surface area contributed by atoms with Crippen molar-refractivity contribution in [3.8, 4) is 11.8 Å². The second-order valence-electron chi connectivity index (χ2n) is 4.05. The fourth-order valence-corrected chi connectivity index (χ4v) is 1.61. The van der Waals surface area contributed by atoms with Crippen molar-refractivity contribution in [1.29, 1.82) is 0 Å². The van der Waals surface area contributed by atoms with Gasteiger partial charge in [-0.2, -0.15) is 9.97 Å². The zero-order valence-electron chi connectivity index (χ0n) is 11.6. The number of non-ortho nitro benzene ring substituents is 1. The Hall–Kier alpha value is -2.90. The van der Waals surface area contributed by atoms with Crippen LogP contribution in [-0.2, 0) is 6.54 Å². The number of nitrogens with zero attached hydrogens (tertiary/aromatic N) is 3. The lowest BCUT2D eigenvalue weighted by atomic mass is 10.2. The minimum atomic E-state index is -0.437. The van der Waals surface area contributed by atoms with E-state index in [1.54, 1.807) is 18.2 Å². The van der Waals surface area contributed by atoms with Gasteiger partial charge < -0.3 is 14.8 Å². The number of nitro benzene ring substituents is 1. The summed E-state index contributed by atoms with van der Waals surface area (Å²) in [5.74, 6) is 1.12. The first-order chi connectivity index (χ1) is 10.1. The molecular weight excluding hydrogens is 276 g/mol. The quantitative estimate of drug-likeness (QED) is 0.641. The van der Waals surface area contributed by atoms with Gasteiger partial charge in [0.15, 0.2) is 0 Å². The monoisotopic (exact) mass is 290 g/mol.